The van der Waals surface area contributed by atoms with Gasteiger partial charge in [0.25, 0.3) is 0 Å². The molecule has 4 nitrogen and oxygen atoms in total. The van der Waals surface area contributed by atoms with Crippen molar-refractivity contribution in [2.45, 2.75) is 13.8 Å². The second-order valence-electron chi connectivity index (χ2n) is 3.55. The van der Waals surface area contributed by atoms with E-state index in [1.54, 1.807) is 6.08 Å². The van der Waals surface area contributed by atoms with Crippen LogP contribution in [0.4, 0.5) is 0 Å². The van der Waals surface area contributed by atoms with Crippen LogP contribution in [0.5, 0.6) is 5.75 Å². The van der Waals surface area contributed by atoms with Crippen LogP contribution in [-0.4, -0.2) is 7.05 Å². The number of halogens is 1. The van der Waals surface area contributed by atoms with Gasteiger partial charge >= 0.3 is 0 Å². The van der Waals surface area contributed by atoms with E-state index in [2.05, 4.69) is 39.8 Å². The Kier molecular flexibility index (Phi) is 11.6. The molecule has 0 saturated carbocycles. The fourth-order valence-electron chi connectivity index (χ4n) is 1.18. The van der Waals surface area contributed by atoms with Crippen molar-refractivity contribution in [2.24, 2.45) is 5.73 Å². The molecule has 1 heterocycles. The summed E-state index contributed by atoms with van der Waals surface area (Å²) in [5.41, 5.74) is 5.83. The molecule has 0 bridgehead atoms. The second kappa shape index (κ2) is 10.8. The molecular formula is C14H18BrN2O2Re-. The summed E-state index contributed by atoms with van der Waals surface area (Å²) in [4.78, 5) is 14.7. The molecule has 0 atom stereocenters. The Hall–Kier alpha value is -0.928. The third kappa shape index (κ3) is 6.49. The van der Waals surface area contributed by atoms with Gasteiger partial charge in [-0.3, -0.25) is 0 Å². The number of nitrogens with two attached hydrogens (primary N) is 1. The van der Waals surface area contributed by atoms with Crippen molar-refractivity contribution in [3.63, 3.8) is 0 Å². The van der Waals surface area contributed by atoms with Crippen LogP contribution in [0.15, 0.2) is 57.7 Å². The van der Waals surface area contributed by atoms with Gasteiger partial charge in [0.05, 0.1) is 10.0 Å². The van der Waals surface area contributed by atoms with E-state index >= 15 is 0 Å². The van der Waals surface area contributed by atoms with Gasteiger partial charge in [-0.1, -0.05) is 19.2 Å². The van der Waals surface area contributed by atoms with Crippen molar-refractivity contribution in [2.75, 3.05) is 7.05 Å². The summed E-state index contributed by atoms with van der Waals surface area (Å²) >= 11 is 3.25. The first-order valence-corrected chi connectivity index (χ1v) is 6.32. The summed E-state index contributed by atoms with van der Waals surface area (Å²) in [5, 5.41) is 0. The summed E-state index contributed by atoms with van der Waals surface area (Å²) < 4.78 is 6.24. The standard InChI is InChI=1S/C13H14BrNO2.CH5N.Re/c1-5-9(4)13(8(2)3)17-11-7-15-12(16)6-10(11)14;1-2;/h5-7H,1-2H2,3-4H3,(H,15,16);2H2,1H3;/p-1/b13-9+;;. The van der Waals surface area contributed by atoms with Crippen LogP contribution in [0, 0.1) is 0 Å². The van der Waals surface area contributed by atoms with E-state index < -0.39 is 0 Å². The van der Waals surface area contributed by atoms with Crippen molar-refractivity contribution in [1.29, 1.82) is 0 Å². The van der Waals surface area contributed by atoms with Gasteiger partial charge in [-0.25, -0.2) is 0 Å². The number of ether oxygens (including phenoxy) is 1. The van der Waals surface area contributed by atoms with Gasteiger partial charge in [0.15, 0.2) is 0 Å². The third-order valence-corrected chi connectivity index (χ3v) is 2.68. The maximum Gasteiger partial charge on any atom is 0.132 e. The van der Waals surface area contributed by atoms with Crippen molar-refractivity contribution in [1.82, 2.24) is 4.98 Å². The number of rotatable bonds is 4. The maximum absolute atomic E-state index is 11.0. The molecule has 0 amide bonds. The van der Waals surface area contributed by atoms with Crippen LogP contribution in [0.1, 0.15) is 13.8 Å². The molecule has 1 aromatic rings. The first kappa shape index (κ1) is 21.4. The molecule has 1 aromatic heterocycles. The van der Waals surface area contributed by atoms with Gasteiger partial charge in [0.1, 0.15) is 11.5 Å². The van der Waals surface area contributed by atoms with E-state index in [0.29, 0.717) is 16.0 Å². The van der Waals surface area contributed by atoms with Crippen molar-refractivity contribution in [3.8, 4) is 5.75 Å². The molecule has 20 heavy (non-hydrogen) atoms. The number of pyridine rings is 1. The average Bonchev–Trinajstić information content (AvgIpc) is 2.39. The molecule has 0 spiro atoms. The van der Waals surface area contributed by atoms with Crippen LogP contribution in [0.2, 0.25) is 0 Å². The van der Waals surface area contributed by atoms with Crippen LogP contribution >= 0.6 is 15.9 Å². The largest absolute Gasteiger partial charge is 0.626 e. The maximum atomic E-state index is 11.0. The smallest absolute Gasteiger partial charge is 0.132 e. The number of allylic oxidation sites excluding steroid dienone is 3. The molecule has 6 heteroatoms. The molecule has 0 aromatic carbocycles. The molecule has 0 aliphatic rings. The normalized spacial score (nSPS) is 10.2. The van der Waals surface area contributed by atoms with Crippen LogP contribution in [0.3, 0.4) is 0 Å². The Morgan fingerprint density at radius 2 is 2.00 bits per heavy atom. The van der Waals surface area contributed by atoms with Crippen LogP contribution < -0.4 is 21.0 Å². The second-order valence-corrected chi connectivity index (χ2v) is 4.41. The van der Waals surface area contributed by atoms with Gasteiger partial charge in [0.2, 0.25) is 0 Å². The quantitative estimate of drug-likeness (QED) is 0.498. The van der Waals surface area contributed by atoms with Gasteiger partial charge in [-0.15, -0.1) is 6.20 Å². The van der Waals surface area contributed by atoms with Gasteiger partial charge in [-0.05, 0) is 54.0 Å². The van der Waals surface area contributed by atoms with E-state index in [9.17, 15) is 4.79 Å². The van der Waals surface area contributed by atoms with E-state index in [1.165, 1.54) is 19.3 Å². The third-order valence-electron chi connectivity index (χ3n) is 2.06. The molecule has 1 radical (unpaired) electrons. The molecular weight excluding hydrogens is 494 g/mol. The van der Waals surface area contributed by atoms with E-state index in [0.717, 1.165) is 11.1 Å². The summed E-state index contributed by atoms with van der Waals surface area (Å²) in [7, 11) is 1.50. The predicted octanol–water partition coefficient (Wildman–Crippen LogP) is 2.75. The SMILES string of the molecule is C=C/C(C)=C(/Oc1c[n-]c(=O)cc1Br)C(=C)C.CN.[Re]. The predicted molar refractivity (Wildman–Crippen MR) is 82.2 cm³/mol. The zero-order chi connectivity index (χ0) is 15.0. The molecule has 2 N–H and O–H groups in total. The molecule has 111 valence electrons. The Balaban J connectivity index is 0. The fourth-order valence-corrected chi connectivity index (χ4v) is 1.56. The number of nitrogens with zero attached hydrogens (tertiary/aromatic N) is 1. The number of hydrogen-bond acceptors (Lipinski definition) is 3. The molecule has 0 aliphatic carbocycles. The molecule has 0 aliphatic heterocycles. The molecule has 0 saturated heterocycles. The first-order valence-electron chi connectivity index (χ1n) is 5.53. The first-order chi connectivity index (χ1) is 8.95. The minimum absolute atomic E-state index is 0. The Morgan fingerprint density at radius 1 is 1.45 bits per heavy atom. The summed E-state index contributed by atoms with van der Waals surface area (Å²) in [6.45, 7) is 11.2. The minimum atomic E-state index is -0.314. The van der Waals surface area contributed by atoms with Gasteiger partial charge in [0, 0.05) is 20.4 Å². The molecule has 0 unspecified atom stereocenters. The van der Waals surface area contributed by atoms with Gasteiger partial charge < -0.3 is 20.2 Å². The molecule has 0 fully saturated rings. The number of aromatic nitrogens is 1. The fraction of sp³-hybridized carbons (Fsp3) is 0.214. The van der Waals surface area contributed by atoms with Gasteiger partial charge in [-0.2, -0.15) is 0 Å². The number of hydrogen-bond donors (Lipinski definition) is 1. The van der Waals surface area contributed by atoms with Crippen LogP contribution in [0.25, 0.3) is 0 Å². The van der Waals surface area contributed by atoms with Crippen molar-refractivity contribution in [3.05, 3.63) is 63.2 Å². The molecule has 1 rings (SSSR count). The topological polar surface area (TPSA) is 66.4 Å². The minimum Gasteiger partial charge on any atom is -0.626 e. The Morgan fingerprint density at radius 3 is 2.40 bits per heavy atom. The Bertz CT molecular complexity index is 550. The monoisotopic (exact) mass is 512 g/mol. The van der Waals surface area contributed by atoms with E-state index in [4.69, 9.17) is 4.74 Å². The summed E-state index contributed by atoms with van der Waals surface area (Å²) in [6, 6.07) is 1.36. The zero-order valence-corrected chi connectivity index (χ0v) is 16.0. The average molecular weight is 512 g/mol. The summed E-state index contributed by atoms with van der Waals surface area (Å²) in [5.74, 6) is 1.10. The summed E-state index contributed by atoms with van der Waals surface area (Å²) in [6.07, 6.45) is 3.07. The van der Waals surface area contributed by atoms with Crippen molar-refractivity contribution < 1.29 is 25.2 Å². The van der Waals surface area contributed by atoms with Crippen molar-refractivity contribution >= 4 is 15.9 Å². The van der Waals surface area contributed by atoms with E-state index in [-0.39, 0.29) is 26.0 Å². The van der Waals surface area contributed by atoms with Crippen LogP contribution in [-0.2, 0) is 20.4 Å². The van der Waals surface area contributed by atoms with E-state index in [1.807, 2.05) is 13.8 Å². The Labute approximate surface area is 141 Å². The zero-order valence-electron chi connectivity index (χ0n) is 11.7.